The molecule has 0 aliphatic rings. The highest BCUT2D eigenvalue weighted by Gasteiger charge is 2.18. The minimum absolute atomic E-state index is 0.0863. The standard InChI is InChI=1S/C22H29N5O2/c1-15-18(16(2)24-21-20(15)22(29)25-26(21)3)10-11-19(28)27(13-7-12-23)14-17-8-5-4-6-9-17/h4-6,8-9H,7,10-14,23H2,1-3H3,(H,25,29). The number of aryl methyl sites for hydroxylation is 3. The average Bonchev–Trinajstić information content (AvgIpc) is 2.98. The number of hydrogen-bond acceptors (Lipinski definition) is 4. The van der Waals surface area contributed by atoms with Crippen molar-refractivity contribution >= 4 is 16.9 Å². The maximum Gasteiger partial charge on any atom is 0.273 e. The van der Waals surface area contributed by atoms with Crippen molar-refractivity contribution < 1.29 is 4.79 Å². The van der Waals surface area contributed by atoms with Crippen molar-refractivity contribution in [3.63, 3.8) is 0 Å². The minimum atomic E-state index is -0.145. The fourth-order valence-electron chi connectivity index (χ4n) is 3.78. The number of H-pyrrole nitrogens is 1. The van der Waals surface area contributed by atoms with E-state index in [1.54, 1.807) is 11.7 Å². The lowest BCUT2D eigenvalue weighted by Crippen LogP contribution is -2.32. The Kier molecular flexibility index (Phi) is 6.49. The first-order chi connectivity index (χ1) is 13.9. The summed E-state index contributed by atoms with van der Waals surface area (Å²) in [5.74, 6) is 0.0863. The third kappa shape index (κ3) is 4.56. The highest BCUT2D eigenvalue weighted by atomic mass is 16.2. The summed E-state index contributed by atoms with van der Waals surface area (Å²) in [6, 6.07) is 9.97. The summed E-state index contributed by atoms with van der Waals surface area (Å²) < 4.78 is 1.64. The van der Waals surface area contributed by atoms with Gasteiger partial charge in [0.25, 0.3) is 5.56 Å². The maximum atomic E-state index is 13.0. The van der Waals surface area contributed by atoms with Gasteiger partial charge >= 0.3 is 0 Å². The molecule has 3 rings (SSSR count). The summed E-state index contributed by atoms with van der Waals surface area (Å²) in [5, 5.41) is 3.36. The SMILES string of the molecule is Cc1nc2c(c(C)c1CCC(=O)N(CCCN)Cc1ccccc1)c(=O)[nH]n2C. The quantitative estimate of drug-likeness (QED) is 0.611. The van der Waals surface area contributed by atoms with E-state index < -0.39 is 0 Å². The van der Waals surface area contributed by atoms with E-state index in [2.05, 4.69) is 10.1 Å². The number of nitrogens with two attached hydrogens (primary N) is 1. The molecule has 2 aromatic heterocycles. The second kappa shape index (κ2) is 9.05. The van der Waals surface area contributed by atoms with E-state index in [1.165, 1.54) is 0 Å². The van der Waals surface area contributed by atoms with E-state index in [4.69, 9.17) is 5.73 Å². The Balaban J connectivity index is 1.78. The Morgan fingerprint density at radius 2 is 1.97 bits per heavy atom. The van der Waals surface area contributed by atoms with E-state index in [9.17, 15) is 9.59 Å². The van der Waals surface area contributed by atoms with Gasteiger partial charge in [-0.1, -0.05) is 30.3 Å². The number of rotatable bonds is 8. The molecular formula is C22H29N5O2. The van der Waals surface area contributed by atoms with Gasteiger partial charge in [0.05, 0.1) is 5.39 Å². The second-order valence-electron chi connectivity index (χ2n) is 7.44. The number of amides is 1. The number of hydrogen-bond donors (Lipinski definition) is 2. The van der Waals surface area contributed by atoms with Crippen LogP contribution in [0, 0.1) is 13.8 Å². The highest BCUT2D eigenvalue weighted by Crippen LogP contribution is 2.21. The topological polar surface area (TPSA) is 97.0 Å². The fourth-order valence-corrected chi connectivity index (χ4v) is 3.78. The molecule has 29 heavy (non-hydrogen) atoms. The number of aromatic amines is 1. The van der Waals surface area contributed by atoms with Crippen LogP contribution in [0.25, 0.3) is 11.0 Å². The van der Waals surface area contributed by atoms with E-state index >= 15 is 0 Å². The van der Waals surface area contributed by atoms with Crippen molar-refractivity contribution in [1.82, 2.24) is 19.7 Å². The van der Waals surface area contributed by atoms with Crippen LogP contribution in [0.3, 0.4) is 0 Å². The van der Waals surface area contributed by atoms with Gasteiger partial charge in [0.2, 0.25) is 5.91 Å². The number of benzene rings is 1. The first-order valence-electron chi connectivity index (χ1n) is 9.99. The van der Waals surface area contributed by atoms with Gasteiger partial charge in [-0.25, -0.2) is 4.98 Å². The molecule has 0 fully saturated rings. The van der Waals surface area contributed by atoms with Gasteiger partial charge < -0.3 is 10.6 Å². The molecule has 0 aliphatic heterocycles. The Morgan fingerprint density at radius 3 is 2.66 bits per heavy atom. The van der Waals surface area contributed by atoms with Gasteiger partial charge in [-0.2, -0.15) is 0 Å². The number of carbonyl (C=O) groups is 1. The van der Waals surface area contributed by atoms with Crippen molar-refractivity contribution in [3.05, 3.63) is 63.1 Å². The maximum absolute atomic E-state index is 13.0. The minimum Gasteiger partial charge on any atom is -0.338 e. The molecule has 0 radical (unpaired) electrons. The van der Waals surface area contributed by atoms with Gasteiger partial charge in [-0.3, -0.25) is 19.4 Å². The summed E-state index contributed by atoms with van der Waals surface area (Å²) in [5.41, 5.74) is 10.00. The van der Waals surface area contributed by atoms with Crippen LogP contribution in [-0.2, 0) is 24.8 Å². The van der Waals surface area contributed by atoms with Crippen molar-refractivity contribution in [2.45, 2.75) is 39.7 Å². The number of aromatic nitrogens is 3. The largest absolute Gasteiger partial charge is 0.338 e. The van der Waals surface area contributed by atoms with Gasteiger partial charge in [0.1, 0.15) is 0 Å². The zero-order valence-corrected chi connectivity index (χ0v) is 17.4. The van der Waals surface area contributed by atoms with Crippen LogP contribution in [0.2, 0.25) is 0 Å². The van der Waals surface area contributed by atoms with Crippen LogP contribution in [0.5, 0.6) is 0 Å². The van der Waals surface area contributed by atoms with Crippen molar-refractivity contribution in [2.75, 3.05) is 13.1 Å². The predicted molar refractivity (Wildman–Crippen MR) is 115 cm³/mol. The summed E-state index contributed by atoms with van der Waals surface area (Å²) >= 11 is 0. The summed E-state index contributed by atoms with van der Waals surface area (Å²) in [4.78, 5) is 31.7. The zero-order chi connectivity index (χ0) is 21.0. The van der Waals surface area contributed by atoms with Crippen LogP contribution in [0.4, 0.5) is 0 Å². The highest BCUT2D eigenvalue weighted by molar-refractivity contribution is 5.81. The molecule has 0 unspecified atom stereocenters. The van der Waals surface area contributed by atoms with E-state index in [0.717, 1.165) is 28.8 Å². The molecule has 0 aliphatic carbocycles. The molecule has 7 heteroatoms. The predicted octanol–water partition coefficient (Wildman–Crippen LogP) is 2.19. The molecule has 0 bridgehead atoms. The first-order valence-corrected chi connectivity index (χ1v) is 9.99. The normalized spacial score (nSPS) is 11.2. The molecular weight excluding hydrogens is 366 g/mol. The smallest absolute Gasteiger partial charge is 0.273 e. The van der Waals surface area contributed by atoms with Crippen molar-refractivity contribution in [1.29, 1.82) is 0 Å². The molecule has 154 valence electrons. The molecule has 1 amide bonds. The third-order valence-corrected chi connectivity index (χ3v) is 5.37. The van der Waals surface area contributed by atoms with Gasteiger partial charge in [-0.05, 0) is 49.9 Å². The lowest BCUT2D eigenvalue weighted by Gasteiger charge is -2.23. The number of nitrogens with zero attached hydrogens (tertiary/aromatic N) is 3. The fraction of sp³-hybridized carbons (Fsp3) is 0.409. The van der Waals surface area contributed by atoms with Gasteiger partial charge in [0, 0.05) is 32.3 Å². The molecule has 0 saturated carbocycles. The average molecular weight is 396 g/mol. The molecule has 0 spiro atoms. The first kappa shape index (κ1) is 20.8. The molecule has 0 saturated heterocycles. The van der Waals surface area contributed by atoms with Crippen LogP contribution in [0.15, 0.2) is 35.1 Å². The molecule has 1 aromatic carbocycles. The Hall–Kier alpha value is -2.93. The van der Waals surface area contributed by atoms with Crippen LogP contribution >= 0.6 is 0 Å². The lowest BCUT2D eigenvalue weighted by atomic mass is 10.00. The molecule has 0 atom stereocenters. The zero-order valence-electron chi connectivity index (χ0n) is 17.4. The second-order valence-corrected chi connectivity index (χ2v) is 7.44. The third-order valence-electron chi connectivity index (χ3n) is 5.37. The Morgan fingerprint density at radius 1 is 1.24 bits per heavy atom. The molecule has 3 aromatic rings. The summed E-state index contributed by atoms with van der Waals surface area (Å²) in [6.45, 7) is 5.63. The van der Waals surface area contributed by atoms with E-state index in [1.807, 2.05) is 49.1 Å². The van der Waals surface area contributed by atoms with Crippen LogP contribution in [-0.4, -0.2) is 38.7 Å². The molecule has 7 nitrogen and oxygen atoms in total. The van der Waals surface area contributed by atoms with Gasteiger partial charge in [-0.15, -0.1) is 0 Å². The monoisotopic (exact) mass is 395 g/mol. The van der Waals surface area contributed by atoms with Crippen molar-refractivity contribution in [2.24, 2.45) is 12.8 Å². The van der Waals surface area contributed by atoms with Gasteiger partial charge in [0.15, 0.2) is 5.65 Å². The summed E-state index contributed by atoms with van der Waals surface area (Å²) in [6.07, 6.45) is 1.70. The molecule has 3 N–H and O–H groups in total. The summed E-state index contributed by atoms with van der Waals surface area (Å²) in [7, 11) is 1.78. The molecule has 2 heterocycles. The number of nitrogens with one attached hydrogen (secondary N) is 1. The van der Waals surface area contributed by atoms with E-state index in [0.29, 0.717) is 43.5 Å². The van der Waals surface area contributed by atoms with Crippen molar-refractivity contribution in [3.8, 4) is 0 Å². The Labute approximate surface area is 170 Å². The number of pyridine rings is 1. The number of carbonyl (C=O) groups excluding carboxylic acids is 1. The Bertz CT molecular complexity index is 1050. The van der Waals surface area contributed by atoms with Crippen LogP contribution < -0.4 is 11.3 Å². The number of fused-ring (bicyclic) bond motifs is 1. The lowest BCUT2D eigenvalue weighted by molar-refractivity contribution is -0.131. The van der Waals surface area contributed by atoms with Crippen LogP contribution in [0.1, 0.15) is 35.2 Å². The van der Waals surface area contributed by atoms with E-state index in [-0.39, 0.29) is 11.5 Å².